The third kappa shape index (κ3) is 3.68. The van der Waals surface area contributed by atoms with Crippen LogP contribution in [0.3, 0.4) is 0 Å². The van der Waals surface area contributed by atoms with E-state index in [0.717, 1.165) is 0 Å². The SMILES string of the molecule is O=C1CN(C(=O)CC(O)c2ccc(Cl)cc2)CCN1. The van der Waals surface area contributed by atoms with E-state index in [1.807, 2.05) is 0 Å². The molecule has 1 saturated heterocycles. The van der Waals surface area contributed by atoms with E-state index in [1.165, 1.54) is 4.90 Å². The van der Waals surface area contributed by atoms with Crippen molar-refractivity contribution in [2.24, 2.45) is 0 Å². The van der Waals surface area contributed by atoms with Gasteiger partial charge in [0.25, 0.3) is 0 Å². The van der Waals surface area contributed by atoms with Gasteiger partial charge in [-0.1, -0.05) is 23.7 Å². The number of rotatable bonds is 3. The fraction of sp³-hybridized carbons (Fsp3) is 0.385. The number of amides is 2. The second kappa shape index (κ2) is 6.04. The van der Waals surface area contributed by atoms with Crippen LogP contribution in [0.4, 0.5) is 0 Å². The van der Waals surface area contributed by atoms with Gasteiger partial charge in [0.05, 0.1) is 19.1 Å². The average Bonchev–Trinajstić information content (AvgIpc) is 2.39. The standard InChI is InChI=1S/C13H15ClN2O3/c14-10-3-1-9(2-4-10)11(17)7-13(19)16-6-5-15-12(18)8-16/h1-4,11,17H,5-8H2,(H,15,18). The summed E-state index contributed by atoms with van der Waals surface area (Å²) in [6.45, 7) is 1.01. The second-order valence-electron chi connectivity index (χ2n) is 4.44. The minimum Gasteiger partial charge on any atom is -0.388 e. The van der Waals surface area contributed by atoms with Crippen molar-refractivity contribution in [2.75, 3.05) is 19.6 Å². The van der Waals surface area contributed by atoms with Gasteiger partial charge in [-0.15, -0.1) is 0 Å². The van der Waals surface area contributed by atoms with E-state index in [9.17, 15) is 14.7 Å². The van der Waals surface area contributed by atoms with E-state index in [0.29, 0.717) is 23.7 Å². The first-order valence-electron chi connectivity index (χ1n) is 6.04. The Morgan fingerprint density at radius 2 is 2.11 bits per heavy atom. The Kier molecular flexibility index (Phi) is 4.39. The van der Waals surface area contributed by atoms with Gasteiger partial charge in [0.15, 0.2) is 0 Å². The molecule has 1 atom stereocenters. The fourth-order valence-corrected chi connectivity index (χ4v) is 2.07. The summed E-state index contributed by atoms with van der Waals surface area (Å²) in [6.07, 6.45) is -0.913. The van der Waals surface area contributed by atoms with Gasteiger partial charge in [-0.05, 0) is 17.7 Å². The Morgan fingerprint density at radius 1 is 1.42 bits per heavy atom. The normalized spacial score (nSPS) is 16.9. The zero-order valence-electron chi connectivity index (χ0n) is 10.3. The molecular weight excluding hydrogens is 268 g/mol. The number of nitrogens with zero attached hydrogens (tertiary/aromatic N) is 1. The molecule has 1 aliphatic heterocycles. The zero-order valence-corrected chi connectivity index (χ0v) is 11.1. The maximum atomic E-state index is 12.0. The molecule has 2 rings (SSSR count). The van der Waals surface area contributed by atoms with Crippen molar-refractivity contribution in [1.29, 1.82) is 0 Å². The first-order valence-corrected chi connectivity index (χ1v) is 6.42. The molecule has 0 bridgehead atoms. The van der Waals surface area contributed by atoms with Crippen molar-refractivity contribution < 1.29 is 14.7 Å². The number of benzene rings is 1. The summed E-state index contributed by atoms with van der Waals surface area (Å²) < 4.78 is 0. The fourth-order valence-electron chi connectivity index (χ4n) is 1.95. The van der Waals surface area contributed by atoms with E-state index in [1.54, 1.807) is 24.3 Å². The molecule has 1 aromatic carbocycles. The number of carbonyl (C=O) groups excluding carboxylic acids is 2. The van der Waals surface area contributed by atoms with Crippen molar-refractivity contribution in [3.8, 4) is 0 Å². The Morgan fingerprint density at radius 3 is 2.74 bits per heavy atom. The summed E-state index contributed by atoms with van der Waals surface area (Å²) in [7, 11) is 0. The molecule has 0 radical (unpaired) electrons. The lowest BCUT2D eigenvalue weighted by Gasteiger charge is -2.27. The van der Waals surface area contributed by atoms with Crippen molar-refractivity contribution in [3.05, 3.63) is 34.9 Å². The van der Waals surface area contributed by atoms with E-state index < -0.39 is 6.10 Å². The third-order valence-electron chi connectivity index (χ3n) is 3.01. The van der Waals surface area contributed by atoms with Crippen LogP contribution in [0.2, 0.25) is 5.02 Å². The lowest BCUT2D eigenvalue weighted by Crippen LogP contribution is -2.50. The number of hydrogen-bond donors (Lipinski definition) is 2. The maximum Gasteiger partial charge on any atom is 0.239 e. The van der Waals surface area contributed by atoms with Crippen molar-refractivity contribution in [2.45, 2.75) is 12.5 Å². The molecule has 1 heterocycles. The van der Waals surface area contributed by atoms with Gasteiger partial charge in [-0.2, -0.15) is 0 Å². The molecule has 1 fully saturated rings. The Bertz CT molecular complexity index is 475. The molecule has 0 aliphatic carbocycles. The van der Waals surface area contributed by atoms with Gasteiger partial charge in [0.2, 0.25) is 11.8 Å². The van der Waals surface area contributed by atoms with Crippen LogP contribution in [0.1, 0.15) is 18.1 Å². The van der Waals surface area contributed by atoms with E-state index in [-0.39, 0.29) is 24.8 Å². The highest BCUT2D eigenvalue weighted by Crippen LogP contribution is 2.20. The van der Waals surface area contributed by atoms with Crippen molar-refractivity contribution in [1.82, 2.24) is 10.2 Å². The number of halogens is 1. The highest BCUT2D eigenvalue weighted by Gasteiger charge is 2.23. The smallest absolute Gasteiger partial charge is 0.239 e. The second-order valence-corrected chi connectivity index (χ2v) is 4.87. The molecule has 102 valence electrons. The van der Waals surface area contributed by atoms with Gasteiger partial charge < -0.3 is 15.3 Å². The Balaban J connectivity index is 1.94. The molecule has 1 aliphatic rings. The minimum atomic E-state index is -0.880. The highest BCUT2D eigenvalue weighted by molar-refractivity contribution is 6.30. The predicted octanol–water partition coefficient (Wildman–Crippen LogP) is 0.722. The van der Waals surface area contributed by atoms with Crippen LogP contribution < -0.4 is 5.32 Å². The Hall–Kier alpha value is -1.59. The summed E-state index contributed by atoms with van der Waals surface area (Å²) in [4.78, 5) is 24.6. The molecule has 2 amide bonds. The molecule has 1 aromatic rings. The van der Waals surface area contributed by atoms with Crippen LogP contribution in [0.25, 0.3) is 0 Å². The number of aliphatic hydroxyl groups is 1. The monoisotopic (exact) mass is 282 g/mol. The molecule has 0 aromatic heterocycles. The summed E-state index contributed by atoms with van der Waals surface area (Å²) in [5.41, 5.74) is 0.638. The van der Waals surface area contributed by atoms with E-state index in [4.69, 9.17) is 11.6 Å². The number of piperazine rings is 1. The summed E-state index contributed by atoms with van der Waals surface area (Å²) in [5, 5.41) is 13.2. The van der Waals surface area contributed by atoms with Gasteiger partial charge in [0, 0.05) is 18.1 Å². The van der Waals surface area contributed by atoms with Crippen LogP contribution in [-0.4, -0.2) is 41.5 Å². The van der Waals surface area contributed by atoms with Gasteiger partial charge in [-0.25, -0.2) is 0 Å². The largest absolute Gasteiger partial charge is 0.388 e. The van der Waals surface area contributed by atoms with E-state index >= 15 is 0 Å². The van der Waals surface area contributed by atoms with Gasteiger partial charge >= 0.3 is 0 Å². The highest BCUT2D eigenvalue weighted by atomic mass is 35.5. The number of nitrogens with one attached hydrogen (secondary N) is 1. The first-order chi connectivity index (χ1) is 9.06. The van der Waals surface area contributed by atoms with Gasteiger partial charge in [-0.3, -0.25) is 9.59 Å². The van der Waals surface area contributed by atoms with Crippen LogP contribution in [0.15, 0.2) is 24.3 Å². The molecular formula is C13H15ClN2O3. The quantitative estimate of drug-likeness (QED) is 0.858. The number of hydrogen-bond acceptors (Lipinski definition) is 3. The summed E-state index contributed by atoms with van der Waals surface area (Å²) >= 11 is 5.76. The molecule has 0 spiro atoms. The van der Waals surface area contributed by atoms with Crippen molar-refractivity contribution in [3.63, 3.8) is 0 Å². The summed E-state index contributed by atoms with van der Waals surface area (Å²) in [6, 6.07) is 6.70. The minimum absolute atomic E-state index is 0.0328. The van der Waals surface area contributed by atoms with Crippen LogP contribution in [-0.2, 0) is 9.59 Å². The molecule has 1 unspecified atom stereocenters. The zero-order chi connectivity index (χ0) is 13.8. The topological polar surface area (TPSA) is 69.6 Å². The average molecular weight is 283 g/mol. The molecule has 2 N–H and O–H groups in total. The number of carbonyl (C=O) groups is 2. The van der Waals surface area contributed by atoms with Gasteiger partial charge in [0.1, 0.15) is 0 Å². The molecule has 19 heavy (non-hydrogen) atoms. The Labute approximate surface area is 116 Å². The predicted molar refractivity (Wildman–Crippen MR) is 70.6 cm³/mol. The third-order valence-corrected chi connectivity index (χ3v) is 3.27. The molecule has 0 saturated carbocycles. The lowest BCUT2D eigenvalue weighted by molar-refractivity contribution is -0.139. The van der Waals surface area contributed by atoms with Crippen LogP contribution in [0.5, 0.6) is 0 Å². The van der Waals surface area contributed by atoms with Crippen LogP contribution in [0, 0.1) is 0 Å². The number of aliphatic hydroxyl groups excluding tert-OH is 1. The molecule has 6 heteroatoms. The molecule has 5 nitrogen and oxygen atoms in total. The van der Waals surface area contributed by atoms with Crippen molar-refractivity contribution >= 4 is 23.4 Å². The lowest BCUT2D eigenvalue weighted by atomic mass is 10.1. The van der Waals surface area contributed by atoms with Crippen LogP contribution >= 0.6 is 11.6 Å². The van der Waals surface area contributed by atoms with E-state index in [2.05, 4.69) is 5.32 Å². The summed E-state index contributed by atoms with van der Waals surface area (Å²) in [5.74, 6) is -0.391. The first kappa shape index (κ1) is 13.8. The maximum absolute atomic E-state index is 12.0.